The van der Waals surface area contributed by atoms with Crippen LogP contribution >= 0.6 is 0 Å². The number of aromatic nitrogens is 6. The van der Waals surface area contributed by atoms with E-state index in [1.54, 1.807) is 4.52 Å². The summed E-state index contributed by atoms with van der Waals surface area (Å²) in [6, 6.07) is 2.07. The van der Waals surface area contributed by atoms with E-state index in [0.29, 0.717) is 5.78 Å². The third-order valence-electron chi connectivity index (χ3n) is 4.70. The molecule has 0 unspecified atom stereocenters. The molecule has 1 aliphatic rings. The highest BCUT2D eigenvalue weighted by molar-refractivity contribution is 5.91. The fourth-order valence-corrected chi connectivity index (χ4v) is 3.35. The molecule has 1 N–H and O–H groups in total. The molecule has 1 saturated carbocycles. The Kier molecular flexibility index (Phi) is 4.84. The lowest BCUT2D eigenvalue weighted by Gasteiger charge is -2.28. The van der Waals surface area contributed by atoms with E-state index in [0.717, 1.165) is 49.5 Å². The number of fused-ring (bicyclic) bond motifs is 1. The fraction of sp³-hybridized carbons (Fsp3) is 0.444. The smallest absolute Gasteiger partial charge is 0.316 e. The van der Waals surface area contributed by atoms with Gasteiger partial charge in [-0.3, -0.25) is 4.79 Å². The van der Waals surface area contributed by atoms with Gasteiger partial charge in [-0.2, -0.15) is 4.98 Å². The number of carbonyl (C=O) groups is 1. The molecule has 0 spiro atoms. The lowest BCUT2D eigenvalue weighted by molar-refractivity contribution is 0.0875. The second-order valence-corrected chi connectivity index (χ2v) is 6.93. The number of nitrogens with one attached hydrogen (secondary N) is 1. The van der Waals surface area contributed by atoms with Crippen LogP contribution in [0.5, 0.6) is 6.01 Å². The topological polar surface area (TPSA) is 107 Å². The van der Waals surface area contributed by atoms with Gasteiger partial charge in [-0.15, -0.1) is 5.10 Å². The molecule has 4 rings (SSSR count). The fourth-order valence-electron chi connectivity index (χ4n) is 3.35. The summed E-state index contributed by atoms with van der Waals surface area (Å²) >= 11 is 0. The molecule has 1 fully saturated rings. The van der Waals surface area contributed by atoms with E-state index in [2.05, 4.69) is 30.4 Å². The number of hydrogen-bond acceptors (Lipinski definition) is 7. The van der Waals surface area contributed by atoms with Crippen LogP contribution in [-0.2, 0) is 0 Å². The summed E-state index contributed by atoms with van der Waals surface area (Å²) in [5, 5.41) is 7.24. The maximum atomic E-state index is 12.9. The van der Waals surface area contributed by atoms with Crippen molar-refractivity contribution in [3.8, 4) is 6.01 Å². The summed E-state index contributed by atoms with van der Waals surface area (Å²) in [5.41, 5.74) is 1.70. The SMILES string of the molecule is Cc1cc(C)n2nc(C(=O)NC3CCC(Oc4ncc(F)cn4)CC3)nc2n1. The molecule has 0 saturated heterocycles. The number of amides is 1. The number of ether oxygens (including phenoxy) is 1. The van der Waals surface area contributed by atoms with E-state index < -0.39 is 5.82 Å². The second kappa shape index (κ2) is 7.45. The first-order chi connectivity index (χ1) is 13.5. The Morgan fingerprint density at radius 3 is 2.61 bits per heavy atom. The van der Waals surface area contributed by atoms with E-state index in [4.69, 9.17) is 4.74 Å². The van der Waals surface area contributed by atoms with E-state index in [9.17, 15) is 9.18 Å². The molecule has 10 heteroatoms. The summed E-state index contributed by atoms with van der Waals surface area (Å²) in [6.45, 7) is 3.77. The van der Waals surface area contributed by atoms with Crippen molar-refractivity contribution in [2.45, 2.75) is 51.7 Å². The number of halogens is 1. The van der Waals surface area contributed by atoms with Crippen molar-refractivity contribution in [2.75, 3.05) is 0 Å². The minimum atomic E-state index is -0.500. The molecular weight excluding hydrogens is 365 g/mol. The Hall–Kier alpha value is -3.17. The number of nitrogens with zero attached hydrogens (tertiary/aromatic N) is 6. The molecule has 3 heterocycles. The summed E-state index contributed by atoms with van der Waals surface area (Å²) in [4.78, 5) is 28.7. The molecule has 3 aromatic rings. The van der Waals surface area contributed by atoms with Gasteiger partial charge >= 0.3 is 6.01 Å². The van der Waals surface area contributed by atoms with Crippen LogP contribution in [0.15, 0.2) is 18.5 Å². The van der Waals surface area contributed by atoms with Crippen LogP contribution in [0.2, 0.25) is 0 Å². The van der Waals surface area contributed by atoms with Gasteiger partial charge < -0.3 is 10.1 Å². The van der Waals surface area contributed by atoms with Crippen LogP contribution in [0.3, 0.4) is 0 Å². The van der Waals surface area contributed by atoms with Crippen molar-refractivity contribution in [2.24, 2.45) is 0 Å². The van der Waals surface area contributed by atoms with E-state index in [1.165, 1.54) is 0 Å². The summed E-state index contributed by atoms with van der Waals surface area (Å²) < 4.78 is 20.1. The van der Waals surface area contributed by atoms with Gasteiger partial charge in [0.15, 0.2) is 5.82 Å². The Bertz CT molecular complexity index is 997. The summed E-state index contributed by atoms with van der Waals surface area (Å²) in [6.07, 6.45) is 5.08. The quantitative estimate of drug-likeness (QED) is 0.729. The van der Waals surface area contributed by atoms with Crippen LogP contribution in [0.25, 0.3) is 5.78 Å². The largest absolute Gasteiger partial charge is 0.460 e. The van der Waals surface area contributed by atoms with Crippen LogP contribution in [0.4, 0.5) is 4.39 Å². The van der Waals surface area contributed by atoms with Crippen molar-refractivity contribution in [1.29, 1.82) is 0 Å². The van der Waals surface area contributed by atoms with Gasteiger partial charge in [-0.1, -0.05) is 0 Å². The van der Waals surface area contributed by atoms with Crippen LogP contribution in [-0.4, -0.2) is 47.6 Å². The molecule has 146 valence electrons. The average Bonchev–Trinajstić information content (AvgIpc) is 3.10. The highest BCUT2D eigenvalue weighted by Crippen LogP contribution is 2.22. The molecule has 28 heavy (non-hydrogen) atoms. The molecule has 1 aliphatic carbocycles. The predicted octanol–water partition coefficient (Wildman–Crippen LogP) is 1.79. The number of rotatable bonds is 4. The molecule has 0 radical (unpaired) electrons. The van der Waals surface area contributed by atoms with Gasteiger partial charge in [0.05, 0.1) is 12.4 Å². The number of carbonyl (C=O) groups excluding carboxylic acids is 1. The maximum absolute atomic E-state index is 12.9. The number of aryl methyl sites for hydroxylation is 2. The Morgan fingerprint density at radius 1 is 1.18 bits per heavy atom. The first kappa shape index (κ1) is 18.2. The Balaban J connectivity index is 1.33. The van der Waals surface area contributed by atoms with Crippen LogP contribution in [0.1, 0.15) is 47.7 Å². The van der Waals surface area contributed by atoms with Crippen molar-refractivity contribution in [3.63, 3.8) is 0 Å². The zero-order valence-corrected chi connectivity index (χ0v) is 15.6. The lowest BCUT2D eigenvalue weighted by Crippen LogP contribution is -2.40. The van der Waals surface area contributed by atoms with Gasteiger partial charge in [-0.05, 0) is 45.6 Å². The molecule has 1 amide bonds. The normalized spacial score (nSPS) is 19.5. The van der Waals surface area contributed by atoms with E-state index in [-0.39, 0.29) is 29.9 Å². The monoisotopic (exact) mass is 385 g/mol. The van der Waals surface area contributed by atoms with Crippen molar-refractivity contribution >= 4 is 11.7 Å². The summed E-state index contributed by atoms with van der Waals surface area (Å²) in [7, 11) is 0. The van der Waals surface area contributed by atoms with Crippen molar-refractivity contribution in [1.82, 2.24) is 34.9 Å². The highest BCUT2D eigenvalue weighted by Gasteiger charge is 2.26. The number of hydrogen-bond donors (Lipinski definition) is 1. The molecule has 3 aromatic heterocycles. The van der Waals surface area contributed by atoms with Crippen molar-refractivity contribution in [3.05, 3.63) is 41.5 Å². The van der Waals surface area contributed by atoms with Gasteiger partial charge in [0.2, 0.25) is 5.82 Å². The molecule has 0 atom stereocenters. The van der Waals surface area contributed by atoms with Crippen LogP contribution < -0.4 is 10.1 Å². The second-order valence-electron chi connectivity index (χ2n) is 6.93. The van der Waals surface area contributed by atoms with E-state index in [1.807, 2.05) is 19.9 Å². The van der Waals surface area contributed by atoms with E-state index >= 15 is 0 Å². The predicted molar refractivity (Wildman–Crippen MR) is 96.4 cm³/mol. The van der Waals surface area contributed by atoms with Crippen LogP contribution in [0, 0.1) is 19.7 Å². The standard InChI is InChI=1S/C18H20FN7O2/c1-10-7-11(2)26-17(22-10)24-15(25-26)16(27)23-13-3-5-14(6-4-13)28-18-20-8-12(19)9-21-18/h7-9,13-14H,3-6H2,1-2H3,(H,23,27). The van der Waals surface area contributed by atoms with Gasteiger partial charge in [-0.25, -0.2) is 23.9 Å². The van der Waals surface area contributed by atoms with Gasteiger partial charge in [0, 0.05) is 17.4 Å². The molecule has 0 aliphatic heterocycles. The Labute approximate surface area is 160 Å². The molecule has 9 nitrogen and oxygen atoms in total. The van der Waals surface area contributed by atoms with Crippen molar-refractivity contribution < 1.29 is 13.9 Å². The maximum Gasteiger partial charge on any atom is 0.316 e. The first-order valence-electron chi connectivity index (χ1n) is 9.14. The zero-order chi connectivity index (χ0) is 19.7. The first-order valence-corrected chi connectivity index (χ1v) is 9.14. The molecular formula is C18H20FN7O2. The summed E-state index contributed by atoms with van der Waals surface area (Å²) in [5.74, 6) is -0.285. The minimum Gasteiger partial charge on any atom is -0.460 e. The highest BCUT2D eigenvalue weighted by atomic mass is 19.1. The third-order valence-corrected chi connectivity index (χ3v) is 4.70. The lowest BCUT2D eigenvalue weighted by atomic mass is 9.93. The van der Waals surface area contributed by atoms with Gasteiger partial charge in [0.1, 0.15) is 6.10 Å². The minimum absolute atomic E-state index is 0.0175. The zero-order valence-electron chi connectivity index (χ0n) is 15.6. The molecule has 0 aromatic carbocycles. The Morgan fingerprint density at radius 2 is 1.89 bits per heavy atom. The molecule has 0 bridgehead atoms. The third kappa shape index (κ3) is 3.90. The average molecular weight is 385 g/mol. The van der Waals surface area contributed by atoms with Gasteiger partial charge in [0.25, 0.3) is 11.7 Å².